The van der Waals surface area contributed by atoms with Crippen molar-refractivity contribution in [1.29, 1.82) is 0 Å². The van der Waals surface area contributed by atoms with E-state index in [9.17, 15) is 0 Å². The third-order valence-electron chi connectivity index (χ3n) is 0. The molecule has 0 saturated heterocycles. The molecule has 26 valence electrons. The van der Waals surface area contributed by atoms with Crippen LogP contribution >= 0.6 is 0 Å². The Morgan fingerprint density at radius 1 is 1.00 bits per heavy atom. The number of hydrogen-bond donors (Lipinski definition) is 0. The van der Waals surface area contributed by atoms with E-state index in [-0.39, 0.29) is 76.2 Å². The zero-order valence-corrected chi connectivity index (χ0v) is 11.3. The van der Waals surface area contributed by atoms with Gasteiger partial charge in [-0.25, -0.2) is 0 Å². The van der Waals surface area contributed by atoms with Crippen LogP contribution in [-0.2, 0) is 0 Å². The summed E-state index contributed by atoms with van der Waals surface area (Å²) in [5, 5.41) is 25.2. The van der Waals surface area contributed by atoms with E-state index in [0.29, 0.717) is 0 Å². The monoisotopic (exact) mass is 405 g/mol. The maximum Gasteiger partial charge on any atom is 2.00 e. The fourth-order valence-corrected chi connectivity index (χ4v) is 0. The van der Waals surface area contributed by atoms with Gasteiger partial charge in [0.05, 0.1) is 0 Å². The van der Waals surface area contributed by atoms with Crippen molar-refractivity contribution in [3.63, 3.8) is 0 Å². The van der Waals surface area contributed by atoms with Gasteiger partial charge in [0.2, 0.25) is 0 Å². The third-order valence-corrected chi connectivity index (χ3v) is 0. The SMILES string of the molecule is [Ba+2].[O-]B([O-])[O-].[Pb+2]. The van der Waals surface area contributed by atoms with Gasteiger partial charge in [0, 0.05) is 0 Å². The molecule has 0 atom stereocenters. The molecule has 3 nitrogen and oxygen atoms in total. The molecule has 6 heavy (non-hydrogen) atoms. The van der Waals surface area contributed by atoms with Crippen LogP contribution in [0.2, 0.25) is 0 Å². The van der Waals surface area contributed by atoms with Crippen molar-refractivity contribution in [2.45, 2.75) is 0 Å². The molecular weight excluding hydrogens is 403 g/mol. The van der Waals surface area contributed by atoms with Gasteiger partial charge >= 0.3 is 76.2 Å². The van der Waals surface area contributed by atoms with Crippen LogP contribution in [-0.4, -0.2) is 83.5 Å². The first kappa shape index (κ1) is 15.8. The molecule has 0 aliphatic rings. The Morgan fingerprint density at radius 3 is 1.00 bits per heavy atom. The maximum absolute atomic E-state index is 8.42. The molecule has 0 saturated carbocycles. The Morgan fingerprint density at radius 2 is 1.00 bits per heavy atom. The van der Waals surface area contributed by atoms with Crippen LogP contribution in [0.1, 0.15) is 0 Å². The predicted molar refractivity (Wildman–Crippen MR) is 17.3 cm³/mol. The van der Waals surface area contributed by atoms with Gasteiger partial charge in [0.25, 0.3) is 0 Å². The standard InChI is InChI=1S/BO3.Ba.Pb/c2-1(3)4;;/q-3;2*+2. The zero-order chi connectivity index (χ0) is 3.58. The molecule has 0 N–H and O–H groups in total. The Labute approximate surface area is 96.5 Å². The molecular formula is BBaO3Pb+. The number of rotatable bonds is 0. The summed E-state index contributed by atoms with van der Waals surface area (Å²) in [7, 11) is -2.92. The minimum absolute atomic E-state index is 0. The second-order valence-corrected chi connectivity index (χ2v) is 0.289. The summed E-state index contributed by atoms with van der Waals surface area (Å²) in [5.41, 5.74) is 0. The largest absolute Gasteiger partial charge is 2.00 e. The fraction of sp³-hybridized carbons (Fsp3) is 0. The third kappa shape index (κ3) is 32.0. The molecule has 0 unspecified atom stereocenters. The second-order valence-electron chi connectivity index (χ2n) is 0.289. The summed E-state index contributed by atoms with van der Waals surface area (Å²) in [6.45, 7) is 0. The molecule has 6 heteroatoms. The van der Waals surface area contributed by atoms with Crippen molar-refractivity contribution in [2.24, 2.45) is 0 Å². The van der Waals surface area contributed by atoms with E-state index >= 15 is 0 Å². The van der Waals surface area contributed by atoms with Gasteiger partial charge in [0.1, 0.15) is 0 Å². The minimum atomic E-state index is -2.92. The minimum Gasteiger partial charge on any atom is -0.907 e. The summed E-state index contributed by atoms with van der Waals surface area (Å²) in [4.78, 5) is 0. The molecule has 0 heterocycles. The first-order valence-electron chi connectivity index (χ1n) is 0.707. The van der Waals surface area contributed by atoms with E-state index in [4.69, 9.17) is 15.1 Å². The van der Waals surface area contributed by atoms with Crippen molar-refractivity contribution in [3.05, 3.63) is 0 Å². The van der Waals surface area contributed by atoms with Crippen molar-refractivity contribution < 1.29 is 15.1 Å². The predicted octanol–water partition coefficient (Wildman–Crippen LogP) is -4.71. The maximum atomic E-state index is 8.42. The summed E-state index contributed by atoms with van der Waals surface area (Å²) in [5.74, 6) is 0. The van der Waals surface area contributed by atoms with Crippen LogP contribution < -0.4 is 15.1 Å². The molecule has 0 bridgehead atoms. The Bertz CT molecular complexity index is 15.5. The van der Waals surface area contributed by atoms with Gasteiger partial charge in [-0.2, -0.15) is 0 Å². The van der Waals surface area contributed by atoms with Crippen LogP contribution in [0.25, 0.3) is 0 Å². The van der Waals surface area contributed by atoms with Crippen molar-refractivity contribution in [3.8, 4) is 0 Å². The van der Waals surface area contributed by atoms with Crippen LogP contribution in [0.5, 0.6) is 0 Å². The first-order chi connectivity index (χ1) is 1.73. The molecule has 2 radical (unpaired) electrons. The summed E-state index contributed by atoms with van der Waals surface area (Å²) in [6.07, 6.45) is 0. The van der Waals surface area contributed by atoms with Gasteiger partial charge < -0.3 is 15.1 Å². The molecule has 0 amide bonds. The van der Waals surface area contributed by atoms with Gasteiger partial charge in [-0.05, 0) is 0 Å². The molecule has 0 aliphatic carbocycles. The summed E-state index contributed by atoms with van der Waals surface area (Å²) in [6, 6.07) is 0. The molecule has 0 aliphatic heterocycles. The molecule has 0 rings (SSSR count). The van der Waals surface area contributed by atoms with E-state index in [1.54, 1.807) is 0 Å². The molecule has 0 aromatic carbocycles. The smallest absolute Gasteiger partial charge is 0.907 e. The van der Waals surface area contributed by atoms with Gasteiger partial charge in [-0.3, -0.25) is 7.32 Å². The normalized spacial score (nSPS) is 4.50. The summed E-state index contributed by atoms with van der Waals surface area (Å²) < 4.78 is 0. The van der Waals surface area contributed by atoms with E-state index in [0.717, 1.165) is 0 Å². The van der Waals surface area contributed by atoms with E-state index in [2.05, 4.69) is 0 Å². The van der Waals surface area contributed by atoms with E-state index < -0.39 is 7.32 Å². The second kappa shape index (κ2) is 10.4. The van der Waals surface area contributed by atoms with Crippen molar-refractivity contribution in [1.82, 2.24) is 0 Å². The van der Waals surface area contributed by atoms with Gasteiger partial charge in [0.15, 0.2) is 0 Å². The van der Waals surface area contributed by atoms with Crippen molar-refractivity contribution in [2.75, 3.05) is 0 Å². The Balaban J connectivity index is -0.0000000450. The fourth-order valence-electron chi connectivity index (χ4n) is 0. The van der Waals surface area contributed by atoms with E-state index in [1.165, 1.54) is 0 Å². The van der Waals surface area contributed by atoms with Crippen LogP contribution in [0, 0.1) is 0 Å². The topological polar surface area (TPSA) is 69.2 Å². The number of hydrogen-bond acceptors (Lipinski definition) is 3. The average molecular weight is 403 g/mol. The molecule has 0 aromatic heterocycles. The van der Waals surface area contributed by atoms with Gasteiger partial charge in [-0.1, -0.05) is 0 Å². The molecule has 0 spiro atoms. The zero-order valence-electron chi connectivity index (χ0n) is 3.01. The van der Waals surface area contributed by atoms with E-state index in [1.807, 2.05) is 0 Å². The quantitative estimate of drug-likeness (QED) is 0.382. The average Bonchev–Trinajstić information content (AvgIpc) is 0.811. The van der Waals surface area contributed by atoms with Gasteiger partial charge in [-0.15, -0.1) is 0 Å². The van der Waals surface area contributed by atoms with Crippen LogP contribution in [0.3, 0.4) is 0 Å². The van der Waals surface area contributed by atoms with Crippen molar-refractivity contribution >= 4 is 83.5 Å². The first-order valence-corrected chi connectivity index (χ1v) is 0.707. The molecule has 0 fully saturated rings. The van der Waals surface area contributed by atoms with Crippen LogP contribution in [0.4, 0.5) is 0 Å². The molecule has 0 aromatic rings. The van der Waals surface area contributed by atoms with Crippen LogP contribution in [0.15, 0.2) is 0 Å². The summed E-state index contributed by atoms with van der Waals surface area (Å²) >= 11 is 0. The Kier molecular flexibility index (Phi) is 27.4. The Hall–Kier alpha value is 2.44.